The molecule has 0 aliphatic carbocycles. The fraction of sp³-hybridized carbons (Fsp3) is 0.882. The molecule has 0 bridgehead atoms. The van der Waals surface area contributed by atoms with Gasteiger partial charge in [0, 0.05) is 44.9 Å². The van der Waals surface area contributed by atoms with Gasteiger partial charge < -0.3 is 14.2 Å². The lowest BCUT2D eigenvalue weighted by molar-refractivity contribution is 0.0326. The fourth-order valence-corrected chi connectivity index (χ4v) is 4.31. The first-order chi connectivity index (χ1) is 11.8. The summed E-state index contributed by atoms with van der Waals surface area (Å²) in [6.07, 6.45) is 2.51. The van der Waals surface area contributed by atoms with E-state index in [1.165, 1.54) is 43.3 Å². The van der Waals surface area contributed by atoms with Gasteiger partial charge in [-0.1, -0.05) is 6.92 Å². The molecule has 2 aliphatic rings. The van der Waals surface area contributed by atoms with Crippen molar-refractivity contribution in [3.05, 3.63) is 11.6 Å². The lowest BCUT2D eigenvalue weighted by atomic mass is 9.97. The molecule has 0 spiro atoms. The van der Waals surface area contributed by atoms with E-state index in [0.717, 1.165) is 45.2 Å². The molecule has 136 valence electrons. The first kappa shape index (κ1) is 18.2. The molecule has 2 saturated heterocycles. The van der Waals surface area contributed by atoms with Crippen LogP contribution in [0.15, 0.2) is 0 Å². The Balaban J connectivity index is 1.57. The Labute approximate surface area is 149 Å². The number of rotatable bonds is 7. The van der Waals surface area contributed by atoms with E-state index in [1.807, 2.05) is 11.8 Å². The lowest BCUT2D eigenvalue weighted by Crippen LogP contribution is -2.37. The van der Waals surface area contributed by atoms with Crippen LogP contribution in [-0.4, -0.2) is 82.0 Å². The molecule has 0 aromatic carbocycles. The van der Waals surface area contributed by atoms with Crippen molar-refractivity contribution in [2.75, 3.05) is 57.4 Å². The number of thioether (sulfide) groups is 1. The quantitative estimate of drug-likeness (QED) is 0.694. The van der Waals surface area contributed by atoms with Gasteiger partial charge in [0.15, 0.2) is 0 Å². The predicted molar refractivity (Wildman–Crippen MR) is 98.5 cm³/mol. The van der Waals surface area contributed by atoms with Gasteiger partial charge in [0.25, 0.3) is 0 Å². The Hall–Kier alpha value is -0.630. The van der Waals surface area contributed by atoms with Gasteiger partial charge in [0.05, 0.1) is 19.8 Å². The summed E-state index contributed by atoms with van der Waals surface area (Å²) < 4.78 is 7.67. The number of nitrogens with zero attached hydrogens (tertiary/aromatic N) is 5. The summed E-state index contributed by atoms with van der Waals surface area (Å²) in [6.45, 7) is 10.3. The molecule has 0 saturated carbocycles. The summed E-state index contributed by atoms with van der Waals surface area (Å²) in [5.74, 6) is 5.24. The van der Waals surface area contributed by atoms with Gasteiger partial charge in [-0.3, -0.25) is 4.90 Å². The summed E-state index contributed by atoms with van der Waals surface area (Å²) in [6, 6.07) is 0. The molecule has 0 unspecified atom stereocenters. The van der Waals surface area contributed by atoms with Crippen molar-refractivity contribution in [1.82, 2.24) is 24.6 Å². The zero-order valence-electron chi connectivity index (χ0n) is 15.1. The van der Waals surface area contributed by atoms with Gasteiger partial charge in [-0.15, -0.1) is 10.2 Å². The van der Waals surface area contributed by atoms with Crippen LogP contribution in [0, 0.1) is 0 Å². The van der Waals surface area contributed by atoms with Crippen LogP contribution in [-0.2, 0) is 18.3 Å². The van der Waals surface area contributed by atoms with Crippen LogP contribution in [0.1, 0.15) is 37.3 Å². The molecule has 0 radical (unpaired) electrons. The highest BCUT2D eigenvalue weighted by Gasteiger charge is 2.26. The number of aromatic nitrogens is 3. The summed E-state index contributed by atoms with van der Waals surface area (Å²) >= 11 is 2.03. The minimum atomic E-state index is 0.529. The third-order valence-electron chi connectivity index (χ3n) is 5.09. The van der Waals surface area contributed by atoms with Crippen LogP contribution in [0.2, 0.25) is 0 Å². The van der Waals surface area contributed by atoms with Gasteiger partial charge in [-0.05, 0) is 25.1 Å². The van der Waals surface area contributed by atoms with E-state index in [1.54, 1.807) is 0 Å². The maximum Gasteiger partial charge on any atom is 0.146 e. The van der Waals surface area contributed by atoms with E-state index in [4.69, 9.17) is 4.74 Å². The average molecular weight is 354 g/mol. The van der Waals surface area contributed by atoms with Crippen molar-refractivity contribution < 1.29 is 4.74 Å². The molecule has 1 aromatic heterocycles. The second-order valence-electron chi connectivity index (χ2n) is 6.76. The number of hydrogen-bond acceptors (Lipinski definition) is 6. The smallest absolute Gasteiger partial charge is 0.146 e. The molecule has 3 heterocycles. The predicted octanol–water partition coefficient (Wildman–Crippen LogP) is 1.58. The Bertz CT molecular complexity index is 503. The van der Waals surface area contributed by atoms with E-state index in [-0.39, 0.29) is 0 Å². The minimum absolute atomic E-state index is 0.529. The van der Waals surface area contributed by atoms with Gasteiger partial charge in [-0.25, -0.2) is 0 Å². The monoisotopic (exact) mass is 353 g/mol. The SMILES string of the molecule is CCSCCN1CCC[C@H](c2nnc(CN3CCOCC3)n2C)C1. The van der Waals surface area contributed by atoms with Crippen molar-refractivity contribution in [2.24, 2.45) is 7.05 Å². The fourth-order valence-electron chi connectivity index (χ4n) is 3.64. The van der Waals surface area contributed by atoms with E-state index in [0.29, 0.717) is 5.92 Å². The van der Waals surface area contributed by atoms with Crippen molar-refractivity contribution in [3.63, 3.8) is 0 Å². The highest BCUT2D eigenvalue weighted by Crippen LogP contribution is 2.26. The molecule has 1 aromatic rings. The third kappa shape index (κ3) is 4.71. The summed E-state index contributed by atoms with van der Waals surface area (Å²) in [7, 11) is 2.14. The van der Waals surface area contributed by atoms with Gasteiger partial charge >= 0.3 is 0 Å². The number of piperidine rings is 1. The Morgan fingerprint density at radius 1 is 1.17 bits per heavy atom. The third-order valence-corrected chi connectivity index (χ3v) is 5.97. The van der Waals surface area contributed by atoms with Crippen LogP contribution in [0.3, 0.4) is 0 Å². The normalized spacial score (nSPS) is 23.7. The number of morpholine rings is 1. The molecule has 3 rings (SSSR count). The first-order valence-electron chi connectivity index (χ1n) is 9.26. The van der Waals surface area contributed by atoms with Crippen molar-refractivity contribution in [2.45, 2.75) is 32.2 Å². The molecule has 2 fully saturated rings. The summed E-state index contributed by atoms with van der Waals surface area (Å²) in [4.78, 5) is 5.01. The van der Waals surface area contributed by atoms with E-state index in [9.17, 15) is 0 Å². The Morgan fingerprint density at radius 2 is 2.00 bits per heavy atom. The zero-order chi connectivity index (χ0) is 16.8. The van der Waals surface area contributed by atoms with Crippen molar-refractivity contribution >= 4 is 11.8 Å². The molecule has 0 N–H and O–H groups in total. The highest BCUT2D eigenvalue weighted by atomic mass is 32.2. The van der Waals surface area contributed by atoms with Crippen LogP contribution in [0.4, 0.5) is 0 Å². The van der Waals surface area contributed by atoms with Crippen LogP contribution in [0.25, 0.3) is 0 Å². The Morgan fingerprint density at radius 3 is 2.79 bits per heavy atom. The topological polar surface area (TPSA) is 46.4 Å². The minimum Gasteiger partial charge on any atom is -0.379 e. The maximum absolute atomic E-state index is 5.43. The number of ether oxygens (including phenoxy) is 1. The van der Waals surface area contributed by atoms with Gasteiger partial charge in [0.1, 0.15) is 11.6 Å². The lowest BCUT2D eigenvalue weighted by Gasteiger charge is -2.32. The van der Waals surface area contributed by atoms with Crippen molar-refractivity contribution in [1.29, 1.82) is 0 Å². The number of likely N-dealkylation sites (tertiary alicyclic amines) is 1. The standard InChI is InChI=1S/C17H31N5OS/c1-3-24-12-9-21-6-4-5-15(13-21)17-19-18-16(20(17)2)14-22-7-10-23-11-8-22/h15H,3-14H2,1-2H3/t15-/m0/s1. The second kappa shape index (κ2) is 9.17. The molecule has 2 aliphatic heterocycles. The Kier molecular flexibility index (Phi) is 6.95. The number of hydrogen-bond donors (Lipinski definition) is 0. The van der Waals surface area contributed by atoms with Gasteiger partial charge in [0.2, 0.25) is 0 Å². The highest BCUT2D eigenvalue weighted by molar-refractivity contribution is 7.99. The van der Waals surface area contributed by atoms with Crippen LogP contribution in [0.5, 0.6) is 0 Å². The van der Waals surface area contributed by atoms with Crippen LogP contribution < -0.4 is 0 Å². The summed E-state index contributed by atoms with van der Waals surface area (Å²) in [5.41, 5.74) is 0. The van der Waals surface area contributed by atoms with Crippen LogP contribution >= 0.6 is 11.8 Å². The zero-order valence-corrected chi connectivity index (χ0v) is 15.9. The van der Waals surface area contributed by atoms with Crippen molar-refractivity contribution in [3.8, 4) is 0 Å². The molecule has 1 atom stereocenters. The van der Waals surface area contributed by atoms with E-state index >= 15 is 0 Å². The largest absolute Gasteiger partial charge is 0.379 e. The molecular weight excluding hydrogens is 322 g/mol. The van der Waals surface area contributed by atoms with E-state index < -0.39 is 0 Å². The summed E-state index contributed by atoms with van der Waals surface area (Å²) in [5, 5.41) is 9.05. The molecule has 24 heavy (non-hydrogen) atoms. The molecular formula is C17H31N5OS. The molecule has 7 heteroatoms. The maximum atomic E-state index is 5.43. The average Bonchev–Trinajstić information content (AvgIpc) is 2.97. The second-order valence-corrected chi connectivity index (χ2v) is 8.15. The molecule has 6 nitrogen and oxygen atoms in total. The molecule has 0 amide bonds. The van der Waals surface area contributed by atoms with E-state index in [2.05, 4.69) is 38.5 Å². The van der Waals surface area contributed by atoms with Gasteiger partial charge in [-0.2, -0.15) is 11.8 Å². The first-order valence-corrected chi connectivity index (χ1v) is 10.4.